The van der Waals surface area contributed by atoms with Crippen LogP contribution in [-0.4, -0.2) is 55.1 Å². The van der Waals surface area contributed by atoms with E-state index in [9.17, 15) is 19.1 Å². The van der Waals surface area contributed by atoms with Crippen molar-refractivity contribution in [3.05, 3.63) is 32.9 Å². The summed E-state index contributed by atoms with van der Waals surface area (Å²) in [7, 11) is -2.23. The number of aliphatic hydroxyl groups excluding tert-OH is 1. The Morgan fingerprint density at radius 2 is 2.20 bits per heavy atom. The standard InChI is InChI=1S/C9H12BFN2O7/c11-4-2-13(8(16)12-7(4)15)6-1-9(17,10(18)19)5(3-14)20-6/h2,5-6,14,17-19H,1,3H2,(H,12,15,16)/t5-,6-,9+/m1/s1. The predicted octanol–water partition coefficient (Wildman–Crippen LogP) is -3.30. The van der Waals surface area contributed by atoms with E-state index in [0.717, 1.165) is 0 Å². The van der Waals surface area contributed by atoms with Crippen LogP contribution in [0.25, 0.3) is 0 Å². The van der Waals surface area contributed by atoms with Crippen molar-refractivity contribution in [1.29, 1.82) is 0 Å². The normalized spacial score (nSPS) is 29.6. The fourth-order valence-electron chi connectivity index (χ4n) is 2.08. The summed E-state index contributed by atoms with van der Waals surface area (Å²) in [6.07, 6.45) is -2.55. The van der Waals surface area contributed by atoms with Crippen LogP contribution >= 0.6 is 0 Å². The van der Waals surface area contributed by atoms with Crippen LogP contribution in [0.2, 0.25) is 0 Å². The van der Waals surface area contributed by atoms with Gasteiger partial charge in [-0.25, -0.2) is 4.79 Å². The van der Waals surface area contributed by atoms with E-state index in [1.54, 1.807) is 4.98 Å². The molecule has 1 aromatic heterocycles. The maximum Gasteiger partial charge on any atom is 0.488 e. The highest BCUT2D eigenvalue weighted by Gasteiger charge is 2.55. The van der Waals surface area contributed by atoms with Crippen molar-refractivity contribution in [2.75, 3.05) is 6.61 Å². The second-order valence-electron chi connectivity index (χ2n) is 4.47. The highest BCUT2D eigenvalue weighted by Crippen LogP contribution is 2.36. The highest BCUT2D eigenvalue weighted by atomic mass is 19.1. The van der Waals surface area contributed by atoms with Crippen molar-refractivity contribution < 1.29 is 29.4 Å². The number of halogens is 1. The Morgan fingerprint density at radius 3 is 2.70 bits per heavy atom. The molecule has 1 fully saturated rings. The molecule has 0 aromatic carbocycles. The maximum atomic E-state index is 13.2. The summed E-state index contributed by atoms with van der Waals surface area (Å²) in [6, 6.07) is 0. The number of nitrogens with one attached hydrogen (secondary N) is 1. The third-order valence-corrected chi connectivity index (χ3v) is 3.23. The average molecular weight is 290 g/mol. The molecule has 0 bridgehead atoms. The van der Waals surface area contributed by atoms with E-state index in [1.807, 2.05) is 0 Å². The molecule has 2 heterocycles. The van der Waals surface area contributed by atoms with Gasteiger partial charge in [-0.15, -0.1) is 0 Å². The smallest absolute Gasteiger partial charge is 0.425 e. The van der Waals surface area contributed by atoms with Crippen LogP contribution < -0.4 is 11.2 Å². The van der Waals surface area contributed by atoms with Gasteiger partial charge in [0.15, 0.2) is 0 Å². The largest absolute Gasteiger partial charge is 0.488 e. The number of rotatable bonds is 3. The molecule has 2 rings (SSSR count). The zero-order valence-electron chi connectivity index (χ0n) is 10.1. The van der Waals surface area contributed by atoms with Gasteiger partial charge in [0.1, 0.15) is 17.8 Å². The molecule has 0 spiro atoms. The van der Waals surface area contributed by atoms with E-state index in [0.29, 0.717) is 10.8 Å². The lowest BCUT2D eigenvalue weighted by atomic mass is 9.64. The van der Waals surface area contributed by atoms with Crippen molar-refractivity contribution in [1.82, 2.24) is 9.55 Å². The first-order chi connectivity index (χ1) is 9.29. The van der Waals surface area contributed by atoms with E-state index < -0.39 is 55.0 Å². The monoisotopic (exact) mass is 290 g/mol. The van der Waals surface area contributed by atoms with Gasteiger partial charge in [-0.2, -0.15) is 4.39 Å². The Morgan fingerprint density at radius 1 is 1.55 bits per heavy atom. The molecule has 9 nitrogen and oxygen atoms in total. The van der Waals surface area contributed by atoms with Crippen LogP contribution in [0.1, 0.15) is 12.6 Å². The molecular weight excluding hydrogens is 278 g/mol. The summed E-state index contributed by atoms with van der Waals surface area (Å²) in [4.78, 5) is 24.2. The predicted molar refractivity (Wildman–Crippen MR) is 62.0 cm³/mol. The number of H-pyrrole nitrogens is 1. The summed E-state index contributed by atoms with van der Waals surface area (Å²) in [5.41, 5.74) is -4.42. The van der Waals surface area contributed by atoms with Crippen LogP contribution in [-0.2, 0) is 4.74 Å². The Bertz CT molecular complexity index is 617. The Labute approximate surface area is 111 Å². The van der Waals surface area contributed by atoms with Gasteiger partial charge in [-0.05, 0) is 0 Å². The van der Waals surface area contributed by atoms with Crippen LogP contribution in [0.3, 0.4) is 0 Å². The number of aromatic amines is 1. The maximum absolute atomic E-state index is 13.2. The number of aliphatic hydroxyl groups is 2. The van der Waals surface area contributed by atoms with Gasteiger partial charge >= 0.3 is 12.8 Å². The van der Waals surface area contributed by atoms with E-state index in [4.69, 9.17) is 19.9 Å². The van der Waals surface area contributed by atoms with Gasteiger partial charge in [0, 0.05) is 6.42 Å². The van der Waals surface area contributed by atoms with Gasteiger partial charge in [-0.3, -0.25) is 14.3 Å². The van der Waals surface area contributed by atoms with Crippen LogP contribution in [0, 0.1) is 5.82 Å². The van der Waals surface area contributed by atoms with Gasteiger partial charge in [0.05, 0.1) is 12.8 Å². The van der Waals surface area contributed by atoms with Gasteiger partial charge in [-0.1, -0.05) is 0 Å². The number of ether oxygens (including phenoxy) is 1. The fraction of sp³-hybridized carbons (Fsp3) is 0.556. The molecule has 1 saturated heterocycles. The van der Waals surface area contributed by atoms with Crippen molar-refractivity contribution in [2.24, 2.45) is 0 Å². The summed E-state index contributed by atoms with van der Waals surface area (Å²) in [5.74, 6) is -1.24. The topological polar surface area (TPSA) is 145 Å². The summed E-state index contributed by atoms with van der Waals surface area (Å²) in [5, 5.41) is 37.3. The number of aromatic nitrogens is 2. The number of nitrogens with zero attached hydrogens (tertiary/aromatic N) is 1. The van der Waals surface area contributed by atoms with Gasteiger partial charge < -0.3 is 25.0 Å². The first-order valence-electron chi connectivity index (χ1n) is 5.65. The van der Waals surface area contributed by atoms with E-state index in [2.05, 4.69) is 0 Å². The molecule has 0 aliphatic carbocycles. The third kappa shape index (κ3) is 2.29. The molecule has 5 N–H and O–H groups in total. The Balaban J connectivity index is 2.40. The summed E-state index contributed by atoms with van der Waals surface area (Å²) >= 11 is 0. The molecule has 20 heavy (non-hydrogen) atoms. The minimum Gasteiger partial charge on any atom is -0.425 e. The summed E-state index contributed by atoms with van der Waals surface area (Å²) < 4.78 is 18.9. The van der Waals surface area contributed by atoms with Gasteiger partial charge in [0.2, 0.25) is 5.82 Å². The lowest BCUT2D eigenvalue weighted by Gasteiger charge is -2.25. The van der Waals surface area contributed by atoms with Gasteiger partial charge in [0.25, 0.3) is 5.56 Å². The molecule has 0 amide bonds. The van der Waals surface area contributed by atoms with E-state index in [-0.39, 0.29) is 0 Å². The molecule has 1 aliphatic heterocycles. The molecule has 110 valence electrons. The molecule has 3 atom stereocenters. The first-order valence-corrected chi connectivity index (χ1v) is 5.65. The minimum atomic E-state index is -2.23. The van der Waals surface area contributed by atoms with Crippen molar-refractivity contribution in [3.63, 3.8) is 0 Å². The van der Waals surface area contributed by atoms with Crippen molar-refractivity contribution in [2.45, 2.75) is 24.3 Å². The van der Waals surface area contributed by atoms with Crippen LogP contribution in [0.5, 0.6) is 0 Å². The third-order valence-electron chi connectivity index (χ3n) is 3.23. The van der Waals surface area contributed by atoms with Crippen LogP contribution in [0.15, 0.2) is 15.8 Å². The molecule has 0 saturated carbocycles. The molecular formula is C9H12BFN2O7. The molecule has 11 heteroatoms. The van der Waals surface area contributed by atoms with E-state index >= 15 is 0 Å². The molecule has 1 aliphatic rings. The molecule has 1 aromatic rings. The number of hydrogen-bond donors (Lipinski definition) is 5. The second kappa shape index (κ2) is 5.11. The number of hydrogen-bond acceptors (Lipinski definition) is 7. The highest BCUT2D eigenvalue weighted by molar-refractivity contribution is 6.45. The SMILES string of the molecule is O=c1[nH]c(=O)n([C@H]2C[C@@](O)(B(O)O)[C@@H](CO)O2)cc1F. The second-order valence-corrected chi connectivity index (χ2v) is 4.47. The molecule has 0 unspecified atom stereocenters. The molecule has 0 radical (unpaired) electrons. The Kier molecular flexibility index (Phi) is 3.80. The average Bonchev–Trinajstić information content (AvgIpc) is 2.72. The van der Waals surface area contributed by atoms with E-state index in [1.165, 1.54) is 0 Å². The quantitative estimate of drug-likeness (QED) is 0.366. The zero-order chi connectivity index (χ0) is 15.1. The summed E-state index contributed by atoms with van der Waals surface area (Å²) in [6.45, 7) is -0.745. The van der Waals surface area contributed by atoms with Crippen molar-refractivity contribution in [3.8, 4) is 0 Å². The zero-order valence-corrected chi connectivity index (χ0v) is 10.1. The minimum absolute atomic E-state index is 0.485. The first kappa shape index (κ1) is 14.9. The van der Waals surface area contributed by atoms with Crippen LogP contribution in [0.4, 0.5) is 4.39 Å². The Hall–Kier alpha value is -1.53. The lowest BCUT2D eigenvalue weighted by molar-refractivity contribution is -0.0645. The van der Waals surface area contributed by atoms with Crippen molar-refractivity contribution >= 4 is 7.12 Å². The fourth-order valence-corrected chi connectivity index (χ4v) is 2.08. The lowest BCUT2D eigenvalue weighted by Crippen LogP contribution is -2.54.